The van der Waals surface area contributed by atoms with Gasteiger partial charge in [-0.2, -0.15) is 0 Å². The molecule has 0 radical (unpaired) electrons. The fourth-order valence-corrected chi connectivity index (χ4v) is 3.39. The number of carboxylic acids is 2. The van der Waals surface area contributed by atoms with Gasteiger partial charge in [0.15, 0.2) is 0 Å². The minimum Gasteiger partial charge on any atom is -0.496 e. The third kappa shape index (κ3) is 2.50. The Labute approximate surface area is 140 Å². The van der Waals surface area contributed by atoms with Crippen LogP contribution in [-0.2, 0) is 15.0 Å². The number of ether oxygens (including phenoxy) is 1. The molecule has 0 saturated heterocycles. The van der Waals surface area contributed by atoms with Crippen molar-refractivity contribution >= 4 is 11.9 Å². The highest BCUT2D eigenvalue weighted by Gasteiger charge is 2.45. The summed E-state index contributed by atoms with van der Waals surface area (Å²) in [5.41, 5.74) is 0.802. The summed E-state index contributed by atoms with van der Waals surface area (Å²) in [7, 11) is 1.53. The number of carbonyl (C=O) groups is 2. The van der Waals surface area contributed by atoms with Crippen LogP contribution in [0.15, 0.2) is 41.5 Å². The Morgan fingerprint density at radius 3 is 2.50 bits per heavy atom. The van der Waals surface area contributed by atoms with Crippen molar-refractivity contribution in [2.75, 3.05) is 7.11 Å². The van der Waals surface area contributed by atoms with Gasteiger partial charge in [-0.15, -0.1) is 0 Å². The minimum absolute atomic E-state index is 0.0928. The molecular formula is C19H20O5. The van der Waals surface area contributed by atoms with Crippen molar-refractivity contribution in [3.63, 3.8) is 0 Å². The highest BCUT2D eigenvalue weighted by Crippen LogP contribution is 2.49. The predicted octanol–water partition coefficient (Wildman–Crippen LogP) is 3.26. The molecule has 0 aliphatic heterocycles. The molecule has 2 N–H and O–H groups in total. The van der Waals surface area contributed by atoms with Gasteiger partial charge in [-0.3, -0.25) is 4.79 Å². The first-order valence-corrected chi connectivity index (χ1v) is 7.93. The summed E-state index contributed by atoms with van der Waals surface area (Å²) in [6, 6.07) is 5.51. The van der Waals surface area contributed by atoms with E-state index in [4.69, 9.17) is 4.74 Å². The Morgan fingerprint density at radius 1 is 1.25 bits per heavy atom. The van der Waals surface area contributed by atoms with Crippen LogP contribution in [0.2, 0.25) is 0 Å². The van der Waals surface area contributed by atoms with Crippen molar-refractivity contribution in [1.29, 1.82) is 0 Å². The maximum absolute atomic E-state index is 12.2. The van der Waals surface area contributed by atoms with Gasteiger partial charge in [0.2, 0.25) is 0 Å². The molecule has 1 aromatic carbocycles. The fourth-order valence-electron chi connectivity index (χ4n) is 3.39. The Morgan fingerprint density at radius 2 is 1.96 bits per heavy atom. The van der Waals surface area contributed by atoms with Gasteiger partial charge in [-0.1, -0.05) is 30.4 Å². The summed E-state index contributed by atoms with van der Waals surface area (Å²) >= 11 is 0. The molecule has 0 aromatic heterocycles. The van der Waals surface area contributed by atoms with Crippen molar-refractivity contribution in [1.82, 2.24) is 0 Å². The van der Waals surface area contributed by atoms with E-state index in [1.54, 1.807) is 25.1 Å². The van der Waals surface area contributed by atoms with E-state index in [1.165, 1.54) is 7.11 Å². The molecule has 0 spiro atoms. The molecule has 1 atom stereocenters. The van der Waals surface area contributed by atoms with Gasteiger partial charge >= 0.3 is 11.9 Å². The van der Waals surface area contributed by atoms with Crippen LogP contribution in [-0.4, -0.2) is 29.3 Å². The number of hydrogen-bond acceptors (Lipinski definition) is 3. The topological polar surface area (TPSA) is 83.8 Å². The first-order valence-electron chi connectivity index (χ1n) is 7.93. The quantitative estimate of drug-likeness (QED) is 0.867. The Kier molecular flexibility index (Phi) is 3.95. The fraction of sp³-hybridized carbons (Fsp3) is 0.368. The summed E-state index contributed by atoms with van der Waals surface area (Å²) in [5, 5.41) is 19.4. The van der Waals surface area contributed by atoms with E-state index >= 15 is 0 Å². The van der Waals surface area contributed by atoms with Gasteiger partial charge < -0.3 is 14.9 Å². The summed E-state index contributed by atoms with van der Waals surface area (Å²) in [4.78, 5) is 23.7. The normalized spacial score (nSPS) is 23.2. The van der Waals surface area contributed by atoms with E-state index in [0.717, 1.165) is 18.4 Å². The van der Waals surface area contributed by atoms with Crippen LogP contribution in [0.4, 0.5) is 0 Å². The molecule has 2 aliphatic carbocycles. The van der Waals surface area contributed by atoms with Gasteiger partial charge in [0, 0.05) is 17.6 Å². The van der Waals surface area contributed by atoms with E-state index in [1.807, 2.05) is 12.1 Å². The highest BCUT2D eigenvalue weighted by molar-refractivity contribution is 5.94. The second-order valence-corrected chi connectivity index (χ2v) is 6.46. The molecule has 1 aromatic rings. The molecule has 0 bridgehead atoms. The molecule has 2 aliphatic rings. The standard InChI is InChI=1S/C19H20O5/c1-11-8-9-19(18(22)23,10-14(11)17(20)21)15-5-3-4-13(12-6-7-12)16(15)24-2/h3-5,8-9,12H,6-7,10H2,1-2H3,(H,20,21)(H,22,23). The monoisotopic (exact) mass is 328 g/mol. The predicted molar refractivity (Wildman–Crippen MR) is 88.4 cm³/mol. The lowest BCUT2D eigenvalue weighted by atomic mass is 9.70. The second-order valence-electron chi connectivity index (χ2n) is 6.46. The van der Waals surface area contributed by atoms with Crippen LogP contribution in [0.1, 0.15) is 43.2 Å². The highest BCUT2D eigenvalue weighted by atomic mass is 16.5. The van der Waals surface area contributed by atoms with Crippen LogP contribution in [0.3, 0.4) is 0 Å². The van der Waals surface area contributed by atoms with Gasteiger partial charge in [0.05, 0.1) is 7.11 Å². The van der Waals surface area contributed by atoms with Crippen LogP contribution < -0.4 is 4.74 Å². The molecule has 0 amide bonds. The minimum atomic E-state index is -1.43. The van der Waals surface area contributed by atoms with Crippen molar-refractivity contribution < 1.29 is 24.5 Å². The molecule has 1 unspecified atom stereocenters. The zero-order chi connectivity index (χ0) is 17.5. The summed E-state index contributed by atoms with van der Waals surface area (Å²) < 4.78 is 5.57. The molecule has 24 heavy (non-hydrogen) atoms. The first kappa shape index (κ1) is 16.3. The van der Waals surface area contributed by atoms with Gasteiger partial charge in [0.1, 0.15) is 11.2 Å². The number of aliphatic carboxylic acids is 2. The zero-order valence-corrected chi connectivity index (χ0v) is 13.7. The number of allylic oxidation sites excluding steroid dienone is 2. The number of carboxylic acid groups (broad SMARTS) is 2. The zero-order valence-electron chi connectivity index (χ0n) is 13.7. The number of hydrogen-bond donors (Lipinski definition) is 2. The largest absolute Gasteiger partial charge is 0.496 e. The molecular weight excluding hydrogens is 308 g/mol. The second kappa shape index (κ2) is 5.82. The average molecular weight is 328 g/mol. The lowest BCUT2D eigenvalue weighted by Gasteiger charge is -2.32. The van der Waals surface area contributed by atoms with Crippen molar-refractivity contribution in [3.05, 3.63) is 52.6 Å². The molecule has 3 rings (SSSR count). The van der Waals surface area contributed by atoms with E-state index in [0.29, 0.717) is 22.8 Å². The summed E-state index contributed by atoms with van der Waals surface area (Å²) in [6.45, 7) is 1.68. The molecule has 0 heterocycles. The maximum atomic E-state index is 12.2. The third-order valence-corrected chi connectivity index (χ3v) is 4.94. The Bertz CT molecular complexity index is 770. The van der Waals surface area contributed by atoms with Crippen molar-refractivity contribution in [2.24, 2.45) is 0 Å². The van der Waals surface area contributed by atoms with Crippen LogP contribution in [0.5, 0.6) is 5.75 Å². The molecule has 5 nitrogen and oxygen atoms in total. The SMILES string of the molecule is COc1c(C2CC2)cccc1C1(C(=O)O)C=CC(C)=C(C(=O)O)C1. The smallest absolute Gasteiger partial charge is 0.331 e. The summed E-state index contributed by atoms with van der Waals surface area (Å²) in [5.74, 6) is -1.19. The van der Waals surface area contributed by atoms with E-state index in [2.05, 4.69) is 0 Å². The van der Waals surface area contributed by atoms with E-state index in [-0.39, 0.29) is 12.0 Å². The van der Waals surface area contributed by atoms with E-state index in [9.17, 15) is 19.8 Å². The lowest BCUT2D eigenvalue weighted by molar-refractivity contribution is -0.142. The van der Waals surface area contributed by atoms with Crippen LogP contribution >= 0.6 is 0 Å². The summed E-state index contributed by atoms with van der Waals surface area (Å²) in [6.07, 6.45) is 5.21. The Balaban J connectivity index is 2.18. The van der Waals surface area contributed by atoms with Crippen molar-refractivity contribution in [3.8, 4) is 5.75 Å². The van der Waals surface area contributed by atoms with Gasteiger partial charge in [0.25, 0.3) is 0 Å². The molecule has 1 saturated carbocycles. The Hall–Kier alpha value is -2.56. The number of rotatable bonds is 5. The maximum Gasteiger partial charge on any atom is 0.331 e. The van der Waals surface area contributed by atoms with Crippen LogP contribution in [0, 0.1) is 0 Å². The first-order chi connectivity index (χ1) is 11.4. The number of para-hydroxylation sites is 1. The lowest BCUT2D eigenvalue weighted by Crippen LogP contribution is -2.37. The van der Waals surface area contributed by atoms with Gasteiger partial charge in [-0.25, -0.2) is 4.79 Å². The van der Waals surface area contributed by atoms with Gasteiger partial charge in [-0.05, 0) is 36.8 Å². The van der Waals surface area contributed by atoms with E-state index < -0.39 is 17.4 Å². The molecule has 1 fully saturated rings. The third-order valence-electron chi connectivity index (χ3n) is 4.94. The number of benzene rings is 1. The molecule has 126 valence electrons. The van der Waals surface area contributed by atoms with Crippen LogP contribution in [0.25, 0.3) is 0 Å². The molecule has 5 heteroatoms. The van der Waals surface area contributed by atoms with Crippen molar-refractivity contribution in [2.45, 2.75) is 37.5 Å². The average Bonchev–Trinajstić information content (AvgIpc) is 3.39. The number of methoxy groups -OCH3 is 1.